The molecule has 686 valence electrons. The molecule has 20 aromatic carbocycles. The quantitative estimate of drug-likeness (QED) is 0.159. The number of rotatable bonds is 7. The lowest BCUT2D eigenvalue weighted by atomic mass is 9.81. The van der Waals surface area contributed by atoms with E-state index < -0.39 is 0 Å². The highest BCUT2D eigenvalue weighted by atomic mass is 15.1. The molecular formula is C137H88N10. The van der Waals surface area contributed by atoms with Crippen LogP contribution in [0.15, 0.2) is 479 Å². The van der Waals surface area contributed by atoms with E-state index in [1.165, 1.54) is 243 Å². The summed E-state index contributed by atoms with van der Waals surface area (Å²) < 4.78 is 14.9. The van der Waals surface area contributed by atoms with E-state index in [4.69, 9.17) is 19.9 Å². The van der Waals surface area contributed by atoms with Gasteiger partial charge in [0.05, 0.1) is 83.8 Å². The van der Waals surface area contributed by atoms with E-state index in [9.17, 15) is 0 Å². The second-order valence-corrected chi connectivity index (χ2v) is 40.0. The number of allylic oxidation sites excluding steroid dienone is 4. The molecule has 1 unspecified atom stereocenters. The monoisotopic (exact) mass is 1870 g/mol. The molecule has 147 heavy (non-hydrogen) atoms. The fraction of sp³-hybridized carbons (Fsp3) is 0.0365. The molecule has 3 aliphatic heterocycles. The highest BCUT2D eigenvalue weighted by molar-refractivity contribution is 6.26. The summed E-state index contributed by atoms with van der Waals surface area (Å²) in [5.74, 6) is 2.63. The normalized spacial score (nSPS) is 13.6. The Kier molecular flexibility index (Phi) is 17.9. The first-order valence-corrected chi connectivity index (χ1v) is 50.8. The summed E-state index contributed by atoms with van der Waals surface area (Å²) in [6.45, 7) is 4.73. The lowest BCUT2D eigenvalue weighted by Gasteiger charge is -2.23. The number of benzene rings is 20. The van der Waals surface area contributed by atoms with E-state index in [0.29, 0.717) is 17.5 Å². The summed E-state index contributed by atoms with van der Waals surface area (Å²) in [7, 11) is 0. The van der Waals surface area contributed by atoms with Gasteiger partial charge in [0.15, 0.2) is 17.5 Å². The first-order chi connectivity index (χ1) is 72.8. The van der Waals surface area contributed by atoms with Crippen molar-refractivity contribution >= 4 is 136 Å². The van der Waals surface area contributed by atoms with Gasteiger partial charge in [-0.1, -0.05) is 396 Å². The van der Waals surface area contributed by atoms with Crippen LogP contribution >= 0.6 is 0 Å². The van der Waals surface area contributed by atoms with Gasteiger partial charge < -0.3 is 22.8 Å². The summed E-state index contributed by atoms with van der Waals surface area (Å²) in [4.78, 5) is 19.9. The lowest BCUT2D eigenvalue weighted by Crippen LogP contribution is -2.15. The molecule has 0 radical (unpaired) electrons. The maximum atomic E-state index is 5.14. The smallest absolute Gasteiger partial charge is 0.165 e. The molecule has 2 aliphatic carbocycles. The predicted molar refractivity (Wildman–Crippen MR) is 610 cm³/mol. The van der Waals surface area contributed by atoms with Gasteiger partial charge in [0.2, 0.25) is 0 Å². The minimum atomic E-state index is -0.0108. The van der Waals surface area contributed by atoms with E-state index in [1.807, 2.05) is 66.9 Å². The van der Waals surface area contributed by atoms with Crippen LogP contribution in [-0.4, -0.2) is 47.3 Å². The molecule has 28 aromatic rings. The zero-order valence-corrected chi connectivity index (χ0v) is 80.4. The van der Waals surface area contributed by atoms with E-state index in [2.05, 4.69) is 454 Å². The van der Waals surface area contributed by atoms with Gasteiger partial charge in [-0.2, -0.15) is 0 Å². The average molecular weight is 1870 g/mol. The lowest BCUT2D eigenvalue weighted by molar-refractivity contribution is 0.649. The van der Waals surface area contributed by atoms with Crippen molar-refractivity contribution in [1.29, 1.82) is 0 Å². The van der Waals surface area contributed by atoms with Gasteiger partial charge >= 0.3 is 0 Å². The summed E-state index contributed by atoms with van der Waals surface area (Å²) >= 11 is 0. The molecule has 0 fully saturated rings. The zero-order chi connectivity index (χ0) is 96.5. The number of pyridine rings is 1. The number of hydrogen-bond donors (Lipinski definition) is 0. The van der Waals surface area contributed by atoms with Crippen molar-refractivity contribution in [1.82, 2.24) is 47.3 Å². The van der Waals surface area contributed by atoms with Crippen LogP contribution in [0.25, 0.3) is 277 Å². The Labute approximate surface area is 846 Å². The Balaban J connectivity index is 0.000000102. The maximum absolute atomic E-state index is 5.14. The molecule has 0 N–H and O–H groups in total. The summed E-state index contributed by atoms with van der Waals surface area (Å²) in [5.41, 5.74) is 45.5. The van der Waals surface area contributed by atoms with Gasteiger partial charge in [0.1, 0.15) is 5.82 Å². The maximum Gasteiger partial charge on any atom is 0.165 e. The summed E-state index contributed by atoms with van der Waals surface area (Å²) in [6.07, 6.45) is 10.1. The largest absolute Gasteiger partial charge is 0.333 e. The second kappa shape index (κ2) is 31.9. The minimum absolute atomic E-state index is 0.0108. The number of aromatic nitrogens is 10. The molecule has 5 aliphatic rings. The van der Waals surface area contributed by atoms with Gasteiger partial charge in [0.25, 0.3) is 0 Å². The van der Waals surface area contributed by atoms with Crippen LogP contribution in [0.3, 0.4) is 0 Å². The third-order valence-corrected chi connectivity index (χ3v) is 32.0. The van der Waals surface area contributed by atoms with Crippen molar-refractivity contribution in [2.45, 2.75) is 31.7 Å². The van der Waals surface area contributed by atoms with Crippen molar-refractivity contribution in [3.05, 3.63) is 496 Å². The minimum Gasteiger partial charge on any atom is -0.333 e. The van der Waals surface area contributed by atoms with Crippen LogP contribution in [0.1, 0.15) is 43.0 Å². The Morgan fingerprint density at radius 3 is 1.24 bits per heavy atom. The van der Waals surface area contributed by atoms with Crippen molar-refractivity contribution in [2.75, 3.05) is 0 Å². The predicted octanol–water partition coefficient (Wildman–Crippen LogP) is 35.1. The van der Waals surface area contributed by atoms with Crippen LogP contribution in [0.4, 0.5) is 0 Å². The molecule has 0 bridgehead atoms. The Morgan fingerprint density at radius 2 is 0.673 bits per heavy atom. The molecule has 11 heterocycles. The molecule has 0 saturated carbocycles. The molecule has 8 aromatic heterocycles. The van der Waals surface area contributed by atoms with Crippen molar-refractivity contribution in [3.8, 4) is 141 Å². The number of hydrogen-bond acceptors (Lipinski definition) is 4. The standard InChI is InChI=1S/C51H36N2.C50H30N6.C36H22N2/c1-51(2)44-19-8-5-14-36(44)37-27-24-32(28-45(37)51)31-22-25-33(26-23-31)52-46-20-9-7-16-39(46)43-30-49-42(29-48(43)52)35-13-4-3-12-34(35)40-17-11-18-41-38-15-6-10-21-47(38)53(49)50(40)41;1-3-14-31(15-4-1)48-52-49(32-16-5-2-6-17-32)54-50(53-48)33-26-29-44(51-30-33)55-42-25-12-10-21-40(42)45-43(55)28-27-39-35-19-8-7-18-34(35)37-22-13-23-38-36-20-9-11-24-41(36)56(46(37)38)47(39)45;1-2-11-23(12-3-1)37-31-19-8-6-15-26(31)30-21-22-33-34(36(30)37)27-16-5-4-13-24(27)28-17-10-18-29-25-14-7-9-20-32(25)38(33)35(28)29/h3-25,27-30,33H,26H2,1-2H3;1-30H;1-22H. The van der Waals surface area contributed by atoms with Crippen LogP contribution in [0.5, 0.6) is 0 Å². The molecule has 10 heteroatoms. The first-order valence-electron chi connectivity index (χ1n) is 50.8. The molecular weight excluding hydrogens is 1790 g/mol. The molecule has 0 spiro atoms. The van der Waals surface area contributed by atoms with E-state index in [-0.39, 0.29) is 11.5 Å². The third kappa shape index (κ3) is 12.1. The van der Waals surface area contributed by atoms with E-state index >= 15 is 0 Å². The SMILES string of the molecule is CC1(C)c2ccccc2-c2ccc(C3=CCC(n4c5ccccc5c5cc6c(cc54)-c4ccccc4-c4cccc5c7ccccc7n-6c45)C=C3)cc21.c1ccc(-c2nc(-c3ccccc3)nc(-c3ccc(-n4c5ccccc5c5c6c(ccc54)-c4ccccc4-c4cccc5c7ccccc7n-6c45)nc3)n2)cc1.c1ccc(-n2c3ccccc3c3ccc4c(c32)-c2ccccc2-c2cccc3c5ccccc5n-4c23)cc1. The molecule has 0 amide bonds. The highest BCUT2D eigenvalue weighted by Crippen LogP contribution is 2.57. The summed E-state index contributed by atoms with van der Waals surface area (Å²) in [5, 5.41) is 15.2. The van der Waals surface area contributed by atoms with Crippen LogP contribution in [-0.2, 0) is 5.41 Å². The Bertz CT molecular complexity index is 10500. The number of nitrogens with zero attached hydrogens (tertiary/aromatic N) is 10. The van der Waals surface area contributed by atoms with E-state index in [1.54, 1.807) is 0 Å². The fourth-order valence-electron chi connectivity index (χ4n) is 25.6. The van der Waals surface area contributed by atoms with Gasteiger partial charge in [-0.05, 0) is 164 Å². The molecule has 1 atom stereocenters. The van der Waals surface area contributed by atoms with Gasteiger partial charge in [-0.15, -0.1) is 0 Å². The first kappa shape index (κ1) is 82.6. The summed E-state index contributed by atoms with van der Waals surface area (Å²) in [6, 6.07) is 165. The Hall–Kier alpha value is -19.2. The average Bonchev–Trinajstić information content (AvgIpc) is 1.55. The van der Waals surface area contributed by atoms with Gasteiger partial charge in [-0.3, -0.25) is 4.57 Å². The topological polar surface area (TPSA) is 81.1 Å². The van der Waals surface area contributed by atoms with Crippen molar-refractivity contribution in [2.24, 2.45) is 0 Å². The Morgan fingerprint density at radius 1 is 0.252 bits per heavy atom. The van der Waals surface area contributed by atoms with Crippen LogP contribution in [0, 0.1) is 0 Å². The fourth-order valence-corrected chi connectivity index (χ4v) is 25.6. The molecule has 33 rings (SSSR count). The van der Waals surface area contributed by atoms with Crippen LogP contribution < -0.4 is 0 Å². The highest BCUT2D eigenvalue weighted by Gasteiger charge is 2.38. The van der Waals surface area contributed by atoms with Crippen molar-refractivity contribution < 1.29 is 0 Å². The van der Waals surface area contributed by atoms with Gasteiger partial charge in [-0.25, -0.2) is 19.9 Å². The second-order valence-electron chi connectivity index (χ2n) is 40.0. The van der Waals surface area contributed by atoms with Crippen molar-refractivity contribution in [3.63, 3.8) is 0 Å². The third-order valence-electron chi connectivity index (χ3n) is 32.0. The molecule has 10 nitrogen and oxygen atoms in total. The van der Waals surface area contributed by atoms with Crippen LogP contribution in [0.2, 0.25) is 0 Å². The number of para-hydroxylation sites is 10. The van der Waals surface area contributed by atoms with E-state index in [0.717, 1.165) is 40.0 Å². The molecule has 0 saturated heterocycles. The van der Waals surface area contributed by atoms with Gasteiger partial charge in [0, 0.05) is 138 Å². The zero-order valence-electron chi connectivity index (χ0n) is 80.4. The number of fused-ring (bicyclic) bond motifs is 38.